The maximum atomic E-state index is 12.7. The molecular formula is C13H21N3O2S. The number of anilines is 1. The van der Waals surface area contributed by atoms with Crippen LogP contribution in [0.3, 0.4) is 0 Å². The Labute approximate surface area is 115 Å². The summed E-state index contributed by atoms with van der Waals surface area (Å²) >= 11 is 0. The standard InChI is InChI=1S/C13H21N3O2S/c1-11-6-4-3-5-9-16(11)19(17,18)12-7-8-15-13(10-12)14-2/h7-8,10-11H,3-6,9H2,1-2H3,(H,14,15). The molecule has 0 radical (unpaired) electrons. The Kier molecular flexibility index (Phi) is 4.42. The first kappa shape index (κ1) is 14.3. The van der Waals surface area contributed by atoms with Gasteiger partial charge in [0.1, 0.15) is 5.82 Å². The summed E-state index contributed by atoms with van der Waals surface area (Å²) in [5.41, 5.74) is 0. The number of sulfonamides is 1. The van der Waals surface area contributed by atoms with Gasteiger partial charge in [0.25, 0.3) is 0 Å². The zero-order valence-corrected chi connectivity index (χ0v) is 12.3. The maximum Gasteiger partial charge on any atom is 0.243 e. The van der Waals surface area contributed by atoms with Gasteiger partial charge >= 0.3 is 0 Å². The molecule has 0 spiro atoms. The van der Waals surface area contributed by atoms with Gasteiger partial charge in [0.2, 0.25) is 10.0 Å². The molecule has 0 saturated carbocycles. The summed E-state index contributed by atoms with van der Waals surface area (Å²) in [5, 5.41) is 2.87. The van der Waals surface area contributed by atoms with Crippen LogP contribution in [0.5, 0.6) is 0 Å². The Hall–Kier alpha value is -1.14. The van der Waals surface area contributed by atoms with Gasteiger partial charge in [-0.05, 0) is 25.8 Å². The Morgan fingerprint density at radius 2 is 2.16 bits per heavy atom. The van der Waals surface area contributed by atoms with Crippen LogP contribution < -0.4 is 5.32 Å². The molecule has 6 heteroatoms. The summed E-state index contributed by atoms with van der Waals surface area (Å²) in [6, 6.07) is 3.22. The lowest BCUT2D eigenvalue weighted by Gasteiger charge is -2.26. The molecule has 0 bridgehead atoms. The van der Waals surface area contributed by atoms with Gasteiger partial charge in [-0.1, -0.05) is 12.8 Å². The molecule has 5 nitrogen and oxygen atoms in total. The van der Waals surface area contributed by atoms with Crippen molar-refractivity contribution in [3.63, 3.8) is 0 Å². The highest BCUT2D eigenvalue weighted by atomic mass is 32.2. The van der Waals surface area contributed by atoms with Crippen LogP contribution in [0.1, 0.15) is 32.6 Å². The van der Waals surface area contributed by atoms with Crippen LogP contribution in [0.25, 0.3) is 0 Å². The van der Waals surface area contributed by atoms with E-state index in [9.17, 15) is 8.42 Å². The zero-order chi connectivity index (χ0) is 13.9. The normalized spacial score (nSPS) is 21.9. The van der Waals surface area contributed by atoms with E-state index in [1.807, 2.05) is 6.92 Å². The number of nitrogens with zero attached hydrogens (tertiary/aromatic N) is 2. The average molecular weight is 283 g/mol. The number of nitrogens with one attached hydrogen (secondary N) is 1. The summed E-state index contributed by atoms with van der Waals surface area (Å²) in [7, 11) is -1.68. The molecule has 1 aromatic heterocycles. The predicted molar refractivity (Wildman–Crippen MR) is 75.6 cm³/mol. The monoisotopic (exact) mass is 283 g/mol. The van der Waals surface area contributed by atoms with Crippen molar-refractivity contribution in [1.82, 2.24) is 9.29 Å². The third kappa shape index (κ3) is 3.06. The SMILES string of the molecule is CNc1cc(S(=O)(=O)N2CCCCCC2C)ccn1. The Morgan fingerprint density at radius 1 is 1.37 bits per heavy atom. The molecule has 1 aliphatic rings. The molecule has 1 aliphatic heterocycles. The number of rotatable bonds is 3. The molecule has 1 N–H and O–H groups in total. The smallest absolute Gasteiger partial charge is 0.243 e. The Balaban J connectivity index is 2.34. The van der Waals surface area contributed by atoms with Crippen LogP contribution >= 0.6 is 0 Å². The van der Waals surface area contributed by atoms with Gasteiger partial charge in [-0.2, -0.15) is 4.31 Å². The van der Waals surface area contributed by atoms with E-state index in [0.717, 1.165) is 25.7 Å². The fourth-order valence-corrected chi connectivity index (χ4v) is 4.16. The van der Waals surface area contributed by atoms with E-state index in [0.29, 0.717) is 17.3 Å². The third-order valence-electron chi connectivity index (χ3n) is 3.59. The lowest BCUT2D eigenvalue weighted by atomic mass is 10.1. The fraction of sp³-hybridized carbons (Fsp3) is 0.615. The van der Waals surface area contributed by atoms with Gasteiger partial charge in [-0.25, -0.2) is 13.4 Å². The largest absolute Gasteiger partial charge is 0.373 e. The van der Waals surface area contributed by atoms with Crippen LogP contribution in [-0.2, 0) is 10.0 Å². The second-order valence-electron chi connectivity index (χ2n) is 4.94. The van der Waals surface area contributed by atoms with Crippen LogP contribution in [-0.4, -0.2) is 37.3 Å². The molecule has 106 valence electrons. The Morgan fingerprint density at radius 3 is 2.89 bits per heavy atom. The van der Waals surface area contributed by atoms with Crippen molar-refractivity contribution in [2.75, 3.05) is 18.9 Å². The summed E-state index contributed by atoms with van der Waals surface area (Å²) < 4.78 is 27.0. The fourth-order valence-electron chi connectivity index (χ4n) is 2.45. The van der Waals surface area contributed by atoms with Gasteiger partial charge in [0.15, 0.2) is 0 Å². The first-order chi connectivity index (χ1) is 9.05. The topological polar surface area (TPSA) is 62.3 Å². The molecule has 1 unspecified atom stereocenters. The van der Waals surface area contributed by atoms with Crippen molar-refractivity contribution >= 4 is 15.8 Å². The van der Waals surface area contributed by atoms with Crippen LogP contribution in [0.4, 0.5) is 5.82 Å². The van der Waals surface area contributed by atoms with Crippen molar-refractivity contribution in [2.24, 2.45) is 0 Å². The van der Waals surface area contributed by atoms with Crippen molar-refractivity contribution in [3.8, 4) is 0 Å². The minimum atomic E-state index is -3.41. The molecule has 2 rings (SSSR count). The average Bonchev–Trinajstić information content (AvgIpc) is 2.64. The number of hydrogen-bond donors (Lipinski definition) is 1. The highest BCUT2D eigenvalue weighted by Gasteiger charge is 2.30. The van der Waals surface area contributed by atoms with Crippen LogP contribution in [0.2, 0.25) is 0 Å². The van der Waals surface area contributed by atoms with Gasteiger partial charge in [0.05, 0.1) is 4.90 Å². The van der Waals surface area contributed by atoms with E-state index >= 15 is 0 Å². The van der Waals surface area contributed by atoms with E-state index in [1.54, 1.807) is 23.5 Å². The highest BCUT2D eigenvalue weighted by molar-refractivity contribution is 7.89. The molecule has 1 atom stereocenters. The van der Waals surface area contributed by atoms with Crippen molar-refractivity contribution in [2.45, 2.75) is 43.5 Å². The predicted octanol–water partition coefficient (Wildman–Crippen LogP) is 2.08. The van der Waals surface area contributed by atoms with E-state index in [2.05, 4.69) is 10.3 Å². The maximum absolute atomic E-state index is 12.7. The number of pyridine rings is 1. The second-order valence-corrected chi connectivity index (χ2v) is 6.83. The molecule has 2 heterocycles. The van der Waals surface area contributed by atoms with E-state index in [1.165, 1.54) is 6.20 Å². The number of aromatic nitrogens is 1. The van der Waals surface area contributed by atoms with Crippen molar-refractivity contribution in [1.29, 1.82) is 0 Å². The van der Waals surface area contributed by atoms with Gasteiger partial charge in [0, 0.05) is 31.9 Å². The molecule has 1 saturated heterocycles. The highest BCUT2D eigenvalue weighted by Crippen LogP contribution is 2.25. The first-order valence-electron chi connectivity index (χ1n) is 6.71. The van der Waals surface area contributed by atoms with E-state index in [-0.39, 0.29) is 6.04 Å². The zero-order valence-electron chi connectivity index (χ0n) is 11.5. The molecule has 0 amide bonds. The number of hydrogen-bond acceptors (Lipinski definition) is 4. The summed E-state index contributed by atoms with van der Waals surface area (Å²) in [4.78, 5) is 4.38. The summed E-state index contributed by atoms with van der Waals surface area (Å²) in [6.07, 6.45) is 5.61. The van der Waals surface area contributed by atoms with E-state index in [4.69, 9.17) is 0 Å². The van der Waals surface area contributed by atoms with Crippen LogP contribution in [0, 0.1) is 0 Å². The molecule has 1 fully saturated rings. The summed E-state index contributed by atoms with van der Waals surface area (Å²) in [5.74, 6) is 0.573. The van der Waals surface area contributed by atoms with Gasteiger partial charge in [-0.15, -0.1) is 0 Å². The quantitative estimate of drug-likeness (QED) is 0.922. The second kappa shape index (κ2) is 5.88. The first-order valence-corrected chi connectivity index (χ1v) is 8.15. The van der Waals surface area contributed by atoms with E-state index < -0.39 is 10.0 Å². The Bertz CT molecular complexity index is 530. The van der Waals surface area contributed by atoms with Crippen LogP contribution in [0.15, 0.2) is 23.2 Å². The summed E-state index contributed by atoms with van der Waals surface area (Å²) in [6.45, 7) is 2.60. The molecule has 0 aliphatic carbocycles. The molecular weight excluding hydrogens is 262 g/mol. The molecule has 1 aromatic rings. The minimum Gasteiger partial charge on any atom is -0.373 e. The lowest BCUT2D eigenvalue weighted by Crippen LogP contribution is -2.38. The minimum absolute atomic E-state index is 0.0682. The third-order valence-corrected chi connectivity index (χ3v) is 5.60. The molecule has 19 heavy (non-hydrogen) atoms. The van der Waals surface area contributed by atoms with Gasteiger partial charge in [-0.3, -0.25) is 0 Å². The molecule has 0 aromatic carbocycles. The van der Waals surface area contributed by atoms with Gasteiger partial charge < -0.3 is 5.32 Å². The lowest BCUT2D eigenvalue weighted by molar-refractivity contribution is 0.342. The van der Waals surface area contributed by atoms with Crippen molar-refractivity contribution < 1.29 is 8.42 Å². The van der Waals surface area contributed by atoms with Crippen molar-refractivity contribution in [3.05, 3.63) is 18.3 Å².